The van der Waals surface area contributed by atoms with Crippen LogP contribution < -0.4 is 4.74 Å². The highest BCUT2D eigenvalue weighted by atomic mass is 16.5. The minimum atomic E-state index is -0.396. The predicted octanol–water partition coefficient (Wildman–Crippen LogP) is 0.0902. The number of methoxy groups -OCH3 is 1. The number of aromatic nitrogens is 1. The third-order valence-corrected chi connectivity index (χ3v) is 6.31. The van der Waals surface area contributed by atoms with Crippen molar-refractivity contribution in [2.75, 3.05) is 73.3 Å². The van der Waals surface area contributed by atoms with Crippen molar-refractivity contribution in [2.24, 2.45) is 5.92 Å². The standard InChI is InChI=1S/C25H36N4O6/c1-18-14-29(19(2)17-30)25(32)21-12-20(6-5-9-33-4)13-26-24(21)35-22(18)15-27(3)23(31)16-28-7-10-34-11-8-28/h12-13,18-19,22,30H,7-11,14-17H2,1-4H3/t18-,19-,22+/m1/s1. The Bertz CT molecular complexity index is 940. The molecule has 192 valence electrons. The Morgan fingerprint density at radius 1 is 1.40 bits per heavy atom. The first-order chi connectivity index (χ1) is 16.8. The number of nitrogens with zero attached hydrogens (tertiary/aromatic N) is 4. The van der Waals surface area contributed by atoms with Gasteiger partial charge >= 0.3 is 0 Å². The van der Waals surface area contributed by atoms with Crippen LogP contribution in [0.25, 0.3) is 0 Å². The molecule has 1 aromatic rings. The number of fused-ring (bicyclic) bond motifs is 1. The van der Waals surface area contributed by atoms with Crippen LogP contribution in [0.5, 0.6) is 5.88 Å². The molecule has 0 bridgehead atoms. The van der Waals surface area contributed by atoms with Gasteiger partial charge in [-0.2, -0.15) is 0 Å². The van der Waals surface area contributed by atoms with Gasteiger partial charge in [0.2, 0.25) is 11.8 Å². The summed E-state index contributed by atoms with van der Waals surface area (Å²) in [6, 6.07) is 1.27. The van der Waals surface area contributed by atoms with E-state index in [9.17, 15) is 14.7 Å². The number of hydrogen-bond donors (Lipinski definition) is 1. The lowest BCUT2D eigenvalue weighted by atomic mass is 10.00. The molecule has 0 radical (unpaired) electrons. The van der Waals surface area contributed by atoms with Gasteiger partial charge in [0.15, 0.2) is 0 Å². The summed E-state index contributed by atoms with van der Waals surface area (Å²) in [7, 11) is 3.32. The fourth-order valence-corrected chi connectivity index (χ4v) is 4.04. The largest absolute Gasteiger partial charge is 0.472 e. The Morgan fingerprint density at radius 3 is 2.83 bits per heavy atom. The molecule has 1 saturated heterocycles. The van der Waals surface area contributed by atoms with E-state index in [1.54, 1.807) is 43.1 Å². The number of rotatable bonds is 7. The topological polar surface area (TPSA) is 105 Å². The third-order valence-electron chi connectivity index (χ3n) is 6.31. The fraction of sp³-hybridized carbons (Fsp3) is 0.640. The lowest BCUT2D eigenvalue weighted by Crippen LogP contribution is -2.51. The zero-order valence-electron chi connectivity index (χ0n) is 21.0. The number of morpholine rings is 1. The van der Waals surface area contributed by atoms with Crippen LogP contribution in [0.1, 0.15) is 29.8 Å². The number of ether oxygens (including phenoxy) is 3. The molecule has 2 aliphatic heterocycles. The maximum absolute atomic E-state index is 13.4. The molecule has 2 aliphatic rings. The van der Waals surface area contributed by atoms with Crippen LogP contribution in [0.3, 0.4) is 0 Å². The van der Waals surface area contributed by atoms with Crippen molar-refractivity contribution in [3.05, 3.63) is 23.4 Å². The Labute approximate surface area is 207 Å². The van der Waals surface area contributed by atoms with E-state index in [4.69, 9.17) is 14.2 Å². The molecule has 0 aromatic carbocycles. The molecule has 2 amide bonds. The van der Waals surface area contributed by atoms with E-state index in [0.717, 1.165) is 13.1 Å². The molecule has 0 aliphatic carbocycles. The van der Waals surface area contributed by atoms with Crippen molar-refractivity contribution in [3.63, 3.8) is 0 Å². The Morgan fingerprint density at radius 2 is 2.14 bits per heavy atom. The summed E-state index contributed by atoms with van der Waals surface area (Å²) in [4.78, 5) is 36.1. The molecule has 3 atom stereocenters. The van der Waals surface area contributed by atoms with Gasteiger partial charge < -0.3 is 29.1 Å². The Balaban J connectivity index is 1.83. The first kappa shape index (κ1) is 26.9. The molecule has 0 spiro atoms. The molecule has 0 unspecified atom stereocenters. The van der Waals surface area contributed by atoms with E-state index in [0.29, 0.717) is 38.4 Å². The number of amides is 2. The number of pyridine rings is 1. The zero-order chi connectivity index (χ0) is 25.4. The van der Waals surface area contributed by atoms with Gasteiger partial charge in [-0.3, -0.25) is 14.5 Å². The summed E-state index contributed by atoms with van der Waals surface area (Å²) >= 11 is 0. The molecule has 10 heteroatoms. The van der Waals surface area contributed by atoms with Crippen LogP contribution in [0.15, 0.2) is 12.3 Å². The van der Waals surface area contributed by atoms with E-state index in [2.05, 4.69) is 21.7 Å². The summed E-state index contributed by atoms with van der Waals surface area (Å²) in [5, 5.41) is 9.80. The summed E-state index contributed by atoms with van der Waals surface area (Å²) in [5.74, 6) is 5.62. The molecular weight excluding hydrogens is 452 g/mol. The quantitative estimate of drug-likeness (QED) is 0.539. The summed E-state index contributed by atoms with van der Waals surface area (Å²) in [5.41, 5.74) is 0.853. The van der Waals surface area contributed by atoms with Gasteiger partial charge in [0.25, 0.3) is 5.91 Å². The molecule has 10 nitrogen and oxygen atoms in total. The van der Waals surface area contributed by atoms with Crippen LogP contribution in [-0.4, -0.2) is 122 Å². The van der Waals surface area contributed by atoms with E-state index in [-0.39, 0.29) is 48.4 Å². The second kappa shape index (κ2) is 12.8. The normalized spacial score (nSPS) is 21.6. The van der Waals surface area contributed by atoms with Gasteiger partial charge in [-0.25, -0.2) is 4.98 Å². The van der Waals surface area contributed by atoms with Crippen molar-refractivity contribution in [1.82, 2.24) is 19.7 Å². The second-order valence-electron chi connectivity index (χ2n) is 9.10. The van der Waals surface area contributed by atoms with E-state index >= 15 is 0 Å². The highest BCUT2D eigenvalue weighted by Gasteiger charge is 2.34. The number of aliphatic hydroxyl groups is 1. The van der Waals surface area contributed by atoms with E-state index < -0.39 is 6.10 Å². The average Bonchev–Trinajstić information content (AvgIpc) is 2.86. The Kier molecular flexibility index (Phi) is 9.86. The molecule has 0 saturated carbocycles. The number of aliphatic hydroxyl groups excluding tert-OH is 1. The predicted molar refractivity (Wildman–Crippen MR) is 129 cm³/mol. The molecule has 1 N–H and O–H groups in total. The first-order valence-electron chi connectivity index (χ1n) is 11.9. The van der Waals surface area contributed by atoms with Crippen molar-refractivity contribution >= 4 is 11.8 Å². The van der Waals surface area contributed by atoms with E-state index in [1.165, 1.54) is 0 Å². The smallest absolute Gasteiger partial charge is 0.259 e. The van der Waals surface area contributed by atoms with Gasteiger partial charge in [-0.1, -0.05) is 18.8 Å². The Hall–Kier alpha value is -2.71. The number of carbonyl (C=O) groups excluding carboxylic acids is 2. The monoisotopic (exact) mass is 488 g/mol. The summed E-state index contributed by atoms with van der Waals surface area (Å²) in [6.45, 7) is 7.65. The lowest BCUT2D eigenvalue weighted by molar-refractivity contribution is -0.133. The van der Waals surface area contributed by atoms with Gasteiger partial charge in [-0.15, -0.1) is 0 Å². The maximum Gasteiger partial charge on any atom is 0.259 e. The van der Waals surface area contributed by atoms with Gasteiger partial charge in [0.1, 0.15) is 18.3 Å². The second-order valence-corrected chi connectivity index (χ2v) is 9.10. The zero-order valence-corrected chi connectivity index (χ0v) is 21.0. The van der Waals surface area contributed by atoms with Crippen LogP contribution in [0.4, 0.5) is 0 Å². The van der Waals surface area contributed by atoms with Crippen LogP contribution in [0, 0.1) is 17.8 Å². The van der Waals surface area contributed by atoms with Gasteiger partial charge in [0.05, 0.1) is 39.0 Å². The summed E-state index contributed by atoms with van der Waals surface area (Å²) < 4.78 is 16.6. The molecule has 35 heavy (non-hydrogen) atoms. The minimum absolute atomic E-state index is 0.00151. The van der Waals surface area contributed by atoms with E-state index in [1.807, 2.05) is 6.92 Å². The molecule has 3 rings (SSSR count). The number of carbonyl (C=O) groups is 2. The summed E-state index contributed by atoms with van der Waals surface area (Å²) in [6.07, 6.45) is 1.16. The average molecular weight is 489 g/mol. The van der Waals surface area contributed by atoms with Crippen LogP contribution >= 0.6 is 0 Å². The number of likely N-dealkylation sites (N-methyl/N-ethyl adjacent to an activating group) is 1. The van der Waals surface area contributed by atoms with Crippen LogP contribution in [0.2, 0.25) is 0 Å². The van der Waals surface area contributed by atoms with Crippen molar-refractivity contribution in [3.8, 4) is 17.7 Å². The molecule has 3 heterocycles. The highest BCUT2D eigenvalue weighted by molar-refractivity contribution is 5.97. The lowest BCUT2D eigenvalue weighted by Gasteiger charge is -2.38. The third kappa shape index (κ3) is 7.15. The molecular formula is C25H36N4O6. The fourth-order valence-electron chi connectivity index (χ4n) is 4.04. The molecule has 1 fully saturated rings. The van der Waals surface area contributed by atoms with Crippen molar-refractivity contribution in [2.45, 2.75) is 26.0 Å². The maximum atomic E-state index is 13.4. The van der Waals surface area contributed by atoms with Crippen molar-refractivity contribution < 1.29 is 28.9 Å². The van der Waals surface area contributed by atoms with Crippen molar-refractivity contribution in [1.29, 1.82) is 0 Å². The SMILES string of the molecule is COCC#Cc1cnc2c(c1)C(=O)N([C@H](C)CO)C[C@@H](C)[C@H](CN(C)C(=O)CN1CCOCC1)O2. The number of hydrogen-bond acceptors (Lipinski definition) is 8. The first-order valence-corrected chi connectivity index (χ1v) is 11.9. The molecule has 1 aromatic heterocycles. The highest BCUT2D eigenvalue weighted by Crippen LogP contribution is 2.27. The minimum Gasteiger partial charge on any atom is -0.472 e. The van der Waals surface area contributed by atoms with Crippen LogP contribution in [-0.2, 0) is 14.3 Å². The van der Waals surface area contributed by atoms with Gasteiger partial charge in [0, 0.05) is 51.5 Å². The van der Waals surface area contributed by atoms with Gasteiger partial charge in [-0.05, 0) is 13.0 Å².